The molecule has 0 aromatic heterocycles. The van der Waals surface area contributed by atoms with Gasteiger partial charge in [0.25, 0.3) is 0 Å². The van der Waals surface area contributed by atoms with Gasteiger partial charge in [0.05, 0.1) is 6.61 Å². The summed E-state index contributed by atoms with van der Waals surface area (Å²) in [6, 6.07) is 8.46. The first-order chi connectivity index (χ1) is 9.19. The van der Waals surface area contributed by atoms with E-state index in [2.05, 4.69) is 50.1 Å². The van der Waals surface area contributed by atoms with Crippen molar-refractivity contribution in [3.63, 3.8) is 0 Å². The molecule has 3 heteroatoms. The van der Waals surface area contributed by atoms with E-state index in [1.165, 1.54) is 12.0 Å². The second-order valence-electron chi connectivity index (χ2n) is 5.44. The van der Waals surface area contributed by atoms with Gasteiger partial charge in [-0.25, -0.2) is 0 Å². The van der Waals surface area contributed by atoms with Crippen LogP contribution < -0.4 is 4.74 Å². The summed E-state index contributed by atoms with van der Waals surface area (Å²) in [5.41, 5.74) is 1.38. The van der Waals surface area contributed by atoms with E-state index in [1.54, 1.807) is 0 Å². The van der Waals surface area contributed by atoms with Crippen molar-refractivity contribution in [2.45, 2.75) is 32.3 Å². The van der Waals surface area contributed by atoms with E-state index in [0.29, 0.717) is 12.5 Å². The SMILES string of the molecule is CCC(C)c1ccc(OCC2CN(C)CCO2)cc1. The molecule has 0 bridgehead atoms. The molecule has 1 aromatic carbocycles. The minimum atomic E-state index is 0.188. The molecule has 106 valence electrons. The lowest BCUT2D eigenvalue weighted by atomic mass is 9.99. The third-order valence-corrected chi connectivity index (χ3v) is 3.84. The van der Waals surface area contributed by atoms with E-state index in [4.69, 9.17) is 9.47 Å². The summed E-state index contributed by atoms with van der Waals surface area (Å²) in [6.07, 6.45) is 1.36. The Hall–Kier alpha value is -1.06. The predicted octanol–water partition coefficient (Wildman–Crippen LogP) is 2.91. The molecular weight excluding hydrogens is 238 g/mol. The number of ether oxygens (including phenoxy) is 2. The van der Waals surface area contributed by atoms with Crippen LogP contribution in [-0.4, -0.2) is 44.4 Å². The van der Waals surface area contributed by atoms with Crippen LogP contribution in [0.25, 0.3) is 0 Å². The summed E-state index contributed by atoms with van der Waals surface area (Å²) in [5.74, 6) is 1.55. The average Bonchev–Trinajstić information content (AvgIpc) is 2.45. The molecule has 1 heterocycles. The molecule has 1 aliphatic heterocycles. The van der Waals surface area contributed by atoms with Gasteiger partial charge in [-0.1, -0.05) is 26.0 Å². The maximum Gasteiger partial charge on any atom is 0.119 e. The van der Waals surface area contributed by atoms with Crippen molar-refractivity contribution in [2.24, 2.45) is 0 Å². The lowest BCUT2D eigenvalue weighted by molar-refractivity contribution is -0.0403. The van der Waals surface area contributed by atoms with E-state index in [1.807, 2.05) is 0 Å². The first-order valence-corrected chi connectivity index (χ1v) is 7.22. The van der Waals surface area contributed by atoms with E-state index < -0.39 is 0 Å². The third kappa shape index (κ3) is 4.22. The molecule has 0 spiro atoms. The molecule has 2 unspecified atom stereocenters. The molecule has 19 heavy (non-hydrogen) atoms. The number of rotatable bonds is 5. The molecule has 2 atom stereocenters. The molecule has 1 aromatic rings. The van der Waals surface area contributed by atoms with Crippen LogP contribution in [0.15, 0.2) is 24.3 Å². The Labute approximate surface area is 116 Å². The maximum absolute atomic E-state index is 5.81. The Morgan fingerprint density at radius 3 is 2.74 bits per heavy atom. The van der Waals surface area contributed by atoms with Crippen LogP contribution >= 0.6 is 0 Å². The van der Waals surface area contributed by atoms with Crippen molar-refractivity contribution in [3.05, 3.63) is 29.8 Å². The fraction of sp³-hybridized carbons (Fsp3) is 0.625. The Bertz CT molecular complexity index is 377. The van der Waals surface area contributed by atoms with Crippen LogP contribution in [0.3, 0.4) is 0 Å². The van der Waals surface area contributed by atoms with Gasteiger partial charge < -0.3 is 14.4 Å². The Balaban J connectivity index is 1.82. The van der Waals surface area contributed by atoms with E-state index in [-0.39, 0.29) is 6.10 Å². The highest BCUT2D eigenvalue weighted by molar-refractivity contribution is 5.29. The van der Waals surface area contributed by atoms with Crippen LogP contribution in [-0.2, 0) is 4.74 Å². The topological polar surface area (TPSA) is 21.7 Å². The zero-order valence-electron chi connectivity index (χ0n) is 12.3. The maximum atomic E-state index is 5.81. The third-order valence-electron chi connectivity index (χ3n) is 3.84. The molecule has 0 N–H and O–H groups in total. The van der Waals surface area contributed by atoms with E-state index in [9.17, 15) is 0 Å². The molecule has 1 saturated heterocycles. The Kier molecular flexibility index (Phi) is 5.23. The van der Waals surface area contributed by atoms with Crippen molar-refractivity contribution < 1.29 is 9.47 Å². The first kappa shape index (κ1) is 14.4. The van der Waals surface area contributed by atoms with Gasteiger partial charge in [-0.3, -0.25) is 0 Å². The molecule has 2 rings (SSSR count). The number of hydrogen-bond donors (Lipinski definition) is 0. The van der Waals surface area contributed by atoms with Crippen molar-refractivity contribution >= 4 is 0 Å². The highest BCUT2D eigenvalue weighted by Crippen LogP contribution is 2.21. The van der Waals surface area contributed by atoms with Crippen LogP contribution in [0.4, 0.5) is 0 Å². The van der Waals surface area contributed by atoms with Crippen LogP contribution in [0.5, 0.6) is 5.75 Å². The molecule has 3 nitrogen and oxygen atoms in total. The standard InChI is InChI=1S/C16H25NO2/c1-4-13(2)14-5-7-15(8-6-14)19-12-16-11-17(3)9-10-18-16/h5-8,13,16H,4,9-12H2,1-3H3. The lowest BCUT2D eigenvalue weighted by Crippen LogP contribution is -2.42. The zero-order valence-corrected chi connectivity index (χ0v) is 12.3. The Morgan fingerprint density at radius 1 is 1.37 bits per heavy atom. The Morgan fingerprint density at radius 2 is 2.11 bits per heavy atom. The normalized spacial score (nSPS) is 22.2. The first-order valence-electron chi connectivity index (χ1n) is 7.22. The molecular formula is C16H25NO2. The molecule has 0 amide bonds. The average molecular weight is 263 g/mol. The summed E-state index contributed by atoms with van der Waals surface area (Å²) in [6.45, 7) is 7.86. The fourth-order valence-corrected chi connectivity index (χ4v) is 2.29. The summed E-state index contributed by atoms with van der Waals surface area (Å²) in [7, 11) is 2.12. The van der Waals surface area contributed by atoms with Gasteiger partial charge in [0, 0.05) is 13.1 Å². The summed E-state index contributed by atoms with van der Waals surface area (Å²) in [5, 5.41) is 0. The summed E-state index contributed by atoms with van der Waals surface area (Å²) >= 11 is 0. The van der Waals surface area contributed by atoms with Crippen molar-refractivity contribution in [3.8, 4) is 5.75 Å². The monoisotopic (exact) mass is 263 g/mol. The van der Waals surface area contributed by atoms with E-state index >= 15 is 0 Å². The fourth-order valence-electron chi connectivity index (χ4n) is 2.29. The van der Waals surface area contributed by atoms with Gasteiger partial charge in [-0.15, -0.1) is 0 Å². The molecule has 1 aliphatic rings. The van der Waals surface area contributed by atoms with Gasteiger partial charge in [0.2, 0.25) is 0 Å². The molecule has 0 aliphatic carbocycles. The van der Waals surface area contributed by atoms with Gasteiger partial charge in [-0.05, 0) is 37.1 Å². The smallest absolute Gasteiger partial charge is 0.119 e. The minimum Gasteiger partial charge on any atom is -0.491 e. The van der Waals surface area contributed by atoms with Crippen LogP contribution in [0, 0.1) is 0 Å². The number of hydrogen-bond acceptors (Lipinski definition) is 3. The van der Waals surface area contributed by atoms with Crippen LogP contribution in [0.2, 0.25) is 0 Å². The molecule has 1 fully saturated rings. The minimum absolute atomic E-state index is 0.188. The zero-order chi connectivity index (χ0) is 13.7. The highest BCUT2D eigenvalue weighted by Gasteiger charge is 2.18. The van der Waals surface area contributed by atoms with Gasteiger partial charge >= 0.3 is 0 Å². The molecule has 0 radical (unpaired) electrons. The quantitative estimate of drug-likeness (QED) is 0.815. The van der Waals surface area contributed by atoms with Crippen molar-refractivity contribution in [1.82, 2.24) is 4.90 Å². The highest BCUT2D eigenvalue weighted by atomic mass is 16.5. The van der Waals surface area contributed by atoms with Crippen molar-refractivity contribution in [1.29, 1.82) is 0 Å². The number of morpholine rings is 1. The second-order valence-corrected chi connectivity index (χ2v) is 5.44. The lowest BCUT2D eigenvalue weighted by Gasteiger charge is -2.29. The number of benzene rings is 1. The van der Waals surface area contributed by atoms with Gasteiger partial charge in [-0.2, -0.15) is 0 Å². The largest absolute Gasteiger partial charge is 0.491 e. The van der Waals surface area contributed by atoms with E-state index in [0.717, 1.165) is 25.4 Å². The second kappa shape index (κ2) is 6.92. The van der Waals surface area contributed by atoms with Gasteiger partial charge in [0.15, 0.2) is 0 Å². The van der Waals surface area contributed by atoms with Crippen LogP contribution in [0.1, 0.15) is 31.7 Å². The molecule has 0 saturated carbocycles. The number of nitrogens with zero attached hydrogens (tertiary/aromatic N) is 1. The van der Waals surface area contributed by atoms with Crippen molar-refractivity contribution in [2.75, 3.05) is 33.4 Å². The summed E-state index contributed by atoms with van der Waals surface area (Å²) < 4.78 is 11.5. The predicted molar refractivity (Wildman–Crippen MR) is 77.9 cm³/mol. The summed E-state index contributed by atoms with van der Waals surface area (Å²) in [4.78, 5) is 2.28. The van der Waals surface area contributed by atoms with Gasteiger partial charge in [0.1, 0.15) is 18.5 Å². The number of likely N-dealkylation sites (N-methyl/N-ethyl adjacent to an activating group) is 1.